The van der Waals surface area contributed by atoms with Crippen molar-refractivity contribution in [3.63, 3.8) is 0 Å². The summed E-state index contributed by atoms with van der Waals surface area (Å²) in [5.74, 6) is -0.889. The zero-order valence-electron chi connectivity index (χ0n) is 18.2. The minimum atomic E-state index is -0.500. The minimum Gasteiger partial charge on any atom is -0.362 e. The van der Waals surface area contributed by atoms with Crippen molar-refractivity contribution >= 4 is 11.8 Å². The van der Waals surface area contributed by atoms with Gasteiger partial charge in [0.2, 0.25) is 11.8 Å². The van der Waals surface area contributed by atoms with Gasteiger partial charge in [-0.15, -0.1) is 0 Å². The average Bonchev–Trinajstić information content (AvgIpc) is 2.51. The SMILES string of the molecule is CC1=C(C(=O)NC(C)(C)C)C(c2cccnc2)C(C(=O)NC(C)(C)C)=C(C)N1. The Balaban J connectivity index is 2.60. The van der Waals surface area contributed by atoms with Gasteiger partial charge in [-0.05, 0) is 67.0 Å². The van der Waals surface area contributed by atoms with Gasteiger partial charge in [0, 0.05) is 51.9 Å². The largest absolute Gasteiger partial charge is 0.362 e. The number of allylic oxidation sites excluding steroid dienone is 2. The predicted octanol–water partition coefficient (Wildman–Crippen LogP) is 3.15. The monoisotopic (exact) mass is 384 g/mol. The molecule has 0 fully saturated rings. The van der Waals surface area contributed by atoms with E-state index in [2.05, 4.69) is 20.9 Å². The van der Waals surface area contributed by atoms with Crippen LogP contribution in [-0.2, 0) is 9.59 Å². The number of carbonyl (C=O) groups is 2. The van der Waals surface area contributed by atoms with Crippen molar-refractivity contribution in [1.29, 1.82) is 0 Å². The average molecular weight is 385 g/mol. The van der Waals surface area contributed by atoms with Crippen molar-refractivity contribution in [2.75, 3.05) is 0 Å². The molecule has 2 heterocycles. The van der Waals surface area contributed by atoms with Crippen LogP contribution in [-0.4, -0.2) is 27.9 Å². The molecule has 0 aromatic carbocycles. The molecule has 1 aliphatic heterocycles. The quantitative estimate of drug-likeness (QED) is 0.748. The van der Waals surface area contributed by atoms with Crippen LogP contribution in [0.5, 0.6) is 0 Å². The van der Waals surface area contributed by atoms with Crippen LogP contribution in [0.4, 0.5) is 0 Å². The maximum absolute atomic E-state index is 13.2. The normalized spacial score (nSPS) is 16.0. The lowest BCUT2D eigenvalue weighted by Gasteiger charge is -2.34. The lowest BCUT2D eigenvalue weighted by atomic mass is 9.79. The lowest BCUT2D eigenvalue weighted by molar-refractivity contribution is -0.119. The highest BCUT2D eigenvalue weighted by atomic mass is 16.2. The first-order valence-corrected chi connectivity index (χ1v) is 9.53. The van der Waals surface area contributed by atoms with Gasteiger partial charge in [-0.2, -0.15) is 0 Å². The number of hydrogen-bond acceptors (Lipinski definition) is 4. The highest BCUT2D eigenvalue weighted by Crippen LogP contribution is 2.38. The summed E-state index contributed by atoms with van der Waals surface area (Å²) in [6.07, 6.45) is 3.40. The third-order valence-corrected chi connectivity index (χ3v) is 4.24. The molecule has 152 valence electrons. The fourth-order valence-corrected chi connectivity index (χ4v) is 3.29. The van der Waals surface area contributed by atoms with E-state index in [4.69, 9.17) is 0 Å². The number of carbonyl (C=O) groups excluding carboxylic acids is 2. The summed E-state index contributed by atoms with van der Waals surface area (Å²) in [5.41, 5.74) is 2.56. The maximum atomic E-state index is 13.2. The number of aromatic nitrogens is 1. The Morgan fingerprint density at radius 1 is 0.929 bits per heavy atom. The van der Waals surface area contributed by atoms with Crippen LogP contribution in [0, 0.1) is 0 Å². The van der Waals surface area contributed by atoms with Crippen molar-refractivity contribution in [2.24, 2.45) is 0 Å². The zero-order valence-corrected chi connectivity index (χ0v) is 18.2. The van der Waals surface area contributed by atoms with E-state index >= 15 is 0 Å². The molecule has 6 heteroatoms. The first kappa shape index (κ1) is 21.7. The second-order valence-electron chi connectivity index (χ2n) is 9.33. The maximum Gasteiger partial charge on any atom is 0.250 e. The minimum absolute atomic E-state index is 0.195. The molecule has 0 saturated heterocycles. The van der Waals surface area contributed by atoms with Crippen LogP contribution in [0.3, 0.4) is 0 Å². The number of nitrogens with zero attached hydrogens (tertiary/aromatic N) is 1. The summed E-state index contributed by atoms with van der Waals surface area (Å²) in [5, 5.41) is 9.29. The summed E-state index contributed by atoms with van der Waals surface area (Å²) in [6, 6.07) is 3.72. The van der Waals surface area contributed by atoms with E-state index in [1.54, 1.807) is 12.4 Å². The standard InChI is InChI=1S/C22H32N4O2/c1-13-16(19(27)25-21(3,4)5)18(15-10-9-11-23-12-15)17(14(2)24-13)20(28)26-22(6,7)8/h9-12,18,24H,1-8H3,(H,25,27)(H,26,28). The van der Waals surface area contributed by atoms with Gasteiger partial charge in [0.15, 0.2) is 0 Å². The third-order valence-electron chi connectivity index (χ3n) is 4.24. The van der Waals surface area contributed by atoms with E-state index in [-0.39, 0.29) is 11.8 Å². The van der Waals surface area contributed by atoms with Crippen LogP contribution in [0.25, 0.3) is 0 Å². The molecule has 6 nitrogen and oxygen atoms in total. The van der Waals surface area contributed by atoms with Crippen LogP contribution in [0.1, 0.15) is 66.9 Å². The van der Waals surface area contributed by atoms with Gasteiger partial charge in [0.1, 0.15) is 0 Å². The fourth-order valence-electron chi connectivity index (χ4n) is 3.29. The number of amides is 2. The highest BCUT2D eigenvalue weighted by molar-refractivity contribution is 6.04. The molecule has 1 aromatic heterocycles. The number of nitrogens with one attached hydrogen (secondary N) is 3. The summed E-state index contributed by atoms with van der Waals surface area (Å²) in [4.78, 5) is 30.6. The molecule has 0 saturated carbocycles. The molecule has 0 atom stereocenters. The van der Waals surface area contributed by atoms with Crippen LogP contribution >= 0.6 is 0 Å². The molecule has 28 heavy (non-hydrogen) atoms. The Hall–Kier alpha value is -2.63. The van der Waals surface area contributed by atoms with Crippen molar-refractivity contribution in [3.8, 4) is 0 Å². The Bertz CT molecular complexity index is 774. The highest BCUT2D eigenvalue weighted by Gasteiger charge is 2.38. The molecule has 2 rings (SSSR count). The van der Waals surface area contributed by atoms with Gasteiger partial charge < -0.3 is 16.0 Å². The van der Waals surface area contributed by atoms with Gasteiger partial charge in [-0.3, -0.25) is 14.6 Å². The topological polar surface area (TPSA) is 83.1 Å². The molecular weight excluding hydrogens is 352 g/mol. The number of dihydropyridines is 1. The van der Waals surface area contributed by atoms with Crippen molar-refractivity contribution in [2.45, 2.75) is 72.4 Å². The van der Waals surface area contributed by atoms with E-state index in [1.807, 2.05) is 67.5 Å². The Kier molecular flexibility index (Phi) is 6.02. The molecule has 0 aliphatic carbocycles. The first-order chi connectivity index (χ1) is 12.8. The molecule has 2 amide bonds. The number of rotatable bonds is 3. The fraction of sp³-hybridized carbons (Fsp3) is 0.500. The smallest absolute Gasteiger partial charge is 0.250 e. The lowest BCUT2D eigenvalue weighted by Crippen LogP contribution is -2.47. The van der Waals surface area contributed by atoms with Crippen molar-refractivity contribution in [3.05, 3.63) is 52.6 Å². The van der Waals surface area contributed by atoms with Crippen molar-refractivity contribution in [1.82, 2.24) is 20.9 Å². The van der Waals surface area contributed by atoms with Crippen LogP contribution < -0.4 is 16.0 Å². The zero-order chi connectivity index (χ0) is 21.3. The van der Waals surface area contributed by atoms with Gasteiger partial charge in [0.05, 0.1) is 0 Å². The summed E-state index contributed by atoms with van der Waals surface area (Å²) >= 11 is 0. The second kappa shape index (κ2) is 7.78. The molecule has 0 unspecified atom stereocenters. The van der Waals surface area contributed by atoms with Gasteiger partial charge in [-0.25, -0.2) is 0 Å². The number of hydrogen-bond donors (Lipinski definition) is 3. The molecule has 0 spiro atoms. The van der Waals surface area contributed by atoms with Crippen LogP contribution in [0.15, 0.2) is 47.1 Å². The molecular formula is C22H32N4O2. The Morgan fingerprint density at radius 3 is 1.75 bits per heavy atom. The van der Waals surface area contributed by atoms with Crippen LogP contribution in [0.2, 0.25) is 0 Å². The molecule has 1 aromatic rings. The first-order valence-electron chi connectivity index (χ1n) is 9.53. The van der Waals surface area contributed by atoms with E-state index in [0.29, 0.717) is 11.1 Å². The van der Waals surface area contributed by atoms with Gasteiger partial charge in [-0.1, -0.05) is 6.07 Å². The molecule has 3 N–H and O–H groups in total. The van der Waals surface area contributed by atoms with E-state index in [0.717, 1.165) is 17.0 Å². The van der Waals surface area contributed by atoms with Gasteiger partial charge >= 0.3 is 0 Å². The van der Waals surface area contributed by atoms with E-state index in [1.165, 1.54) is 0 Å². The Labute approximate surface area is 167 Å². The summed E-state index contributed by atoms with van der Waals surface area (Å²) in [7, 11) is 0. The predicted molar refractivity (Wildman–Crippen MR) is 111 cm³/mol. The van der Waals surface area contributed by atoms with E-state index < -0.39 is 17.0 Å². The summed E-state index contributed by atoms with van der Waals surface area (Å²) < 4.78 is 0. The molecule has 0 radical (unpaired) electrons. The van der Waals surface area contributed by atoms with Gasteiger partial charge in [0.25, 0.3) is 0 Å². The summed E-state index contributed by atoms with van der Waals surface area (Å²) in [6.45, 7) is 15.3. The molecule has 0 bridgehead atoms. The van der Waals surface area contributed by atoms with E-state index in [9.17, 15) is 9.59 Å². The van der Waals surface area contributed by atoms with Crippen molar-refractivity contribution < 1.29 is 9.59 Å². The Morgan fingerprint density at radius 2 is 1.39 bits per heavy atom. The molecule has 1 aliphatic rings. The second-order valence-corrected chi connectivity index (χ2v) is 9.33. The third kappa shape index (κ3) is 5.21. The number of pyridine rings is 1.